The second kappa shape index (κ2) is 4.97. The van der Waals surface area contributed by atoms with Gasteiger partial charge in [-0.1, -0.05) is 11.6 Å². The molecule has 2 nitrogen and oxygen atoms in total. The van der Waals surface area contributed by atoms with E-state index in [1.165, 1.54) is 18.2 Å². The summed E-state index contributed by atoms with van der Waals surface area (Å²) in [5.41, 5.74) is 1.02. The molecule has 0 amide bonds. The summed E-state index contributed by atoms with van der Waals surface area (Å²) in [5.74, 6) is -1.37. The van der Waals surface area contributed by atoms with Crippen molar-refractivity contribution in [1.29, 1.82) is 0 Å². The lowest BCUT2D eigenvalue weighted by atomic mass is 10.0. The van der Waals surface area contributed by atoms with Crippen LogP contribution in [0.3, 0.4) is 0 Å². The Morgan fingerprint density at radius 2 is 1.76 bits per heavy atom. The smallest absolute Gasteiger partial charge is 0.230 e. The normalized spacial score (nSPS) is 11.0. The van der Waals surface area contributed by atoms with E-state index in [9.17, 15) is 13.6 Å². The summed E-state index contributed by atoms with van der Waals surface area (Å²) in [5, 5.41) is 0.657. The summed E-state index contributed by atoms with van der Waals surface area (Å²) >= 11 is 5.89. The van der Waals surface area contributed by atoms with Crippen molar-refractivity contribution in [3.63, 3.8) is 0 Å². The van der Waals surface area contributed by atoms with Gasteiger partial charge in [-0.05, 0) is 37.3 Å². The zero-order valence-corrected chi connectivity index (χ0v) is 11.7. The topological polar surface area (TPSA) is 30.2 Å². The summed E-state index contributed by atoms with van der Waals surface area (Å²) in [4.78, 5) is 12.5. The van der Waals surface area contributed by atoms with E-state index in [-0.39, 0.29) is 21.9 Å². The zero-order valence-electron chi connectivity index (χ0n) is 10.9. The fraction of sp³-hybridized carbons (Fsp3) is 0.0625. The van der Waals surface area contributed by atoms with Gasteiger partial charge in [0.15, 0.2) is 5.76 Å². The highest BCUT2D eigenvalue weighted by Gasteiger charge is 2.21. The van der Waals surface area contributed by atoms with Crippen LogP contribution < -0.4 is 0 Å². The molecule has 3 aromatic rings. The molecular formula is C16H9ClF2O2. The van der Waals surface area contributed by atoms with Crippen LogP contribution in [0.4, 0.5) is 8.78 Å². The van der Waals surface area contributed by atoms with Gasteiger partial charge in [-0.3, -0.25) is 4.79 Å². The molecule has 3 rings (SSSR count). The monoisotopic (exact) mass is 306 g/mol. The highest BCUT2D eigenvalue weighted by Crippen LogP contribution is 2.29. The predicted molar refractivity (Wildman–Crippen MR) is 75.8 cm³/mol. The standard InChI is InChI=1S/C16H9ClF2O2/c1-8-11-4-2-10(19)7-14(11)21-16(8)15(20)12-5-3-9(18)6-13(12)17/h2-7H,1H3. The third-order valence-electron chi connectivity index (χ3n) is 3.28. The molecule has 0 N–H and O–H groups in total. The predicted octanol–water partition coefficient (Wildman–Crippen LogP) is 4.90. The van der Waals surface area contributed by atoms with Crippen molar-refractivity contribution in [1.82, 2.24) is 0 Å². The largest absolute Gasteiger partial charge is 0.452 e. The molecule has 0 saturated carbocycles. The first-order valence-electron chi connectivity index (χ1n) is 6.16. The Bertz CT molecular complexity index is 868. The van der Waals surface area contributed by atoms with Crippen molar-refractivity contribution in [3.8, 4) is 0 Å². The molecule has 5 heteroatoms. The Morgan fingerprint density at radius 3 is 2.48 bits per heavy atom. The number of carbonyl (C=O) groups excluding carboxylic acids is 1. The van der Waals surface area contributed by atoms with Crippen LogP contribution in [0.15, 0.2) is 40.8 Å². The lowest BCUT2D eigenvalue weighted by Crippen LogP contribution is -2.02. The molecule has 2 aromatic carbocycles. The molecular weight excluding hydrogens is 298 g/mol. The van der Waals surface area contributed by atoms with Gasteiger partial charge in [-0.15, -0.1) is 0 Å². The maximum atomic E-state index is 13.2. The number of carbonyl (C=O) groups is 1. The summed E-state index contributed by atoms with van der Waals surface area (Å²) in [6.45, 7) is 1.70. The lowest BCUT2D eigenvalue weighted by molar-refractivity contribution is 0.101. The number of hydrogen-bond donors (Lipinski definition) is 0. The molecule has 0 saturated heterocycles. The average Bonchev–Trinajstić information content (AvgIpc) is 2.75. The van der Waals surface area contributed by atoms with E-state index in [1.807, 2.05) is 0 Å². The molecule has 0 atom stereocenters. The molecule has 0 radical (unpaired) electrons. The van der Waals surface area contributed by atoms with Crippen LogP contribution in [-0.4, -0.2) is 5.78 Å². The summed E-state index contributed by atoms with van der Waals surface area (Å²) < 4.78 is 31.7. The van der Waals surface area contributed by atoms with Gasteiger partial charge in [-0.25, -0.2) is 8.78 Å². The first-order valence-corrected chi connectivity index (χ1v) is 6.53. The Labute approximate surface area is 123 Å². The SMILES string of the molecule is Cc1c(C(=O)c2ccc(F)cc2Cl)oc2cc(F)ccc12. The number of aryl methyl sites for hydroxylation is 1. The number of hydrogen-bond acceptors (Lipinski definition) is 2. The number of furan rings is 1. The minimum atomic E-state index is -0.528. The van der Waals surface area contributed by atoms with Gasteiger partial charge in [0.05, 0.1) is 5.02 Å². The van der Waals surface area contributed by atoms with Crippen molar-refractivity contribution in [2.45, 2.75) is 6.92 Å². The summed E-state index contributed by atoms with van der Waals surface area (Å²) in [6, 6.07) is 7.57. The van der Waals surface area contributed by atoms with E-state index in [0.29, 0.717) is 10.9 Å². The molecule has 21 heavy (non-hydrogen) atoms. The number of ketones is 1. The van der Waals surface area contributed by atoms with Crippen LogP contribution >= 0.6 is 11.6 Å². The van der Waals surface area contributed by atoms with Crippen LogP contribution in [0.2, 0.25) is 5.02 Å². The molecule has 0 aliphatic heterocycles. The van der Waals surface area contributed by atoms with Gasteiger partial charge in [0.2, 0.25) is 5.78 Å². The van der Waals surface area contributed by atoms with Crippen LogP contribution in [-0.2, 0) is 0 Å². The van der Waals surface area contributed by atoms with Crippen molar-refractivity contribution >= 4 is 28.4 Å². The number of benzene rings is 2. The van der Waals surface area contributed by atoms with Gasteiger partial charge in [0, 0.05) is 22.6 Å². The van der Waals surface area contributed by atoms with Crippen molar-refractivity contribution in [2.75, 3.05) is 0 Å². The molecule has 0 bridgehead atoms. The molecule has 0 aliphatic carbocycles. The summed E-state index contributed by atoms with van der Waals surface area (Å²) in [7, 11) is 0. The molecule has 106 valence electrons. The molecule has 0 spiro atoms. The van der Waals surface area contributed by atoms with E-state index >= 15 is 0 Å². The lowest BCUT2D eigenvalue weighted by Gasteiger charge is -2.02. The average molecular weight is 307 g/mol. The van der Waals surface area contributed by atoms with Crippen LogP contribution in [0.25, 0.3) is 11.0 Å². The van der Waals surface area contributed by atoms with Crippen LogP contribution in [0, 0.1) is 18.6 Å². The Balaban J connectivity index is 2.15. The van der Waals surface area contributed by atoms with Crippen LogP contribution in [0.1, 0.15) is 21.7 Å². The van der Waals surface area contributed by atoms with E-state index in [4.69, 9.17) is 16.0 Å². The Hall–Kier alpha value is -2.20. The second-order valence-corrected chi connectivity index (χ2v) is 5.06. The first-order chi connectivity index (χ1) is 9.97. The van der Waals surface area contributed by atoms with Gasteiger partial charge >= 0.3 is 0 Å². The fourth-order valence-electron chi connectivity index (χ4n) is 2.21. The number of rotatable bonds is 2. The third kappa shape index (κ3) is 2.32. The van der Waals surface area contributed by atoms with E-state index in [2.05, 4.69) is 0 Å². The molecule has 1 heterocycles. The first kappa shape index (κ1) is 13.8. The van der Waals surface area contributed by atoms with Crippen molar-refractivity contribution in [2.24, 2.45) is 0 Å². The maximum Gasteiger partial charge on any atom is 0.230 e. The van der Waals surface area contributed by atoms with Crippen molar-refractivity contribution < 1.29 is 18.0 Å². The Morgan fingerprint density at radius 1 is 1.10 bits per heavy atom. The van der Waals surface area contributed by atoms with Gasteiger partial charge in [0.1, 0.15) is 17.2 Å². The third-order valence-corrected chi connectivity index (χ3v) is 3.59. The van der Waals surface area contributed by atoms with Gasteiger partial charge in [-0.2, -0.15) is 0 Å². The van der Waals surface area contributed by atoms with Crippen LogP contribution in [0.5, 0.6) is 0 Å². The van der Waals surface area contributed by atoms with Crippen molar-refractivity contribution in [3.05, 3.63) is 69.9 Å². The van der Waals surface area contributed by atoms with E-state index < -0.39 is 17.4 Å². The molecule has 0 aliphatic rings. The maximum absolute atomic E-state index is 13.2. The number of halogens is 3. The fourth-order valence-corrected chi connectivity index (χ4v) is 2.46. The second-order valence-electron chi connectivity index (χ2n) is 4.65. The minimum Gasteiger partial charge on any atom is -0.452 e. The highest BCUT2D eigenvalue weighted by atomic mass is 35.5. The minimum absolute atomic E-state index is 0.00559. The molecule has 0 unspecified atom stereocenters. The van der Waals surface area contributed by atoms with E-state index in [1.54, 1.807) is 13.0 Å². The van der Waals surface area contributed by atoms with E-state index in [0.717, 1.165) is 12.1 Å². The zero-order chi connectivity index (χ0) is 15.1. The summed E-state index contributed by atoms with van der Waals surface area (Å²) in [6.07, 6.45) is 0. The highest BCUT2D eigenvalue weighted by molar-refractivity contribution is 6.35. The molecule has 0 fully saturated rings. The quantitative estimate of drug-likeness (QED) is 0.630. The Kier molecular flexibility index (Phi) is 3.26. The van der Waals surface area contributed by atoms with Gasteiger partial charge < -0.3 is 4.42 Å². The van der Waals surface area contributed by atoms with Gasteiger partial charge in [0.25, 0.3) is 0 Å². The molecule has 1 aromatic heterocycles. The number of fused-ring (bicyclic) bond motifs is 1.